The molecule has 0 aromatic rings. The summed E-state index contributed by atoms with van der Waals surface area (Å²) in [5.41, 5.74) is 5.33. The highest BCUT2D eigenvalue weighted by Gasteiger charge is 2.11. The van der Waals surface area contributed by atoms with Crippen LogP contribution in [0, 0.1) is 5.92 Å². The van der Waals surface area contributed by atoms with Crippen LogP contribution in [0.5, 0.6) is 0 Å². The molecule has 0 saturated carbocycles. The predicted molar refractivity (Wildman–Crippen MR) is 48.7 cm³/mol. The van der Waals surface area contributed by atoms with Crippen molar-refractivity contribution in [3.05, 3.63) is 0 Å². The average Bonchev–Trinajstić information content (AvgIpc) is 2.05. The third kappa shape index (κ3) is 4.34. The van der Waals surface area contributed by atoms with Crippen molar-refractivity contribution in [1.82, 2.24) is 0 Å². The van der Waals surface area contributed by atoms with Crippen LogP contribution in [0.15, 0.2) is 0 Å². The minimum absolute atomic E-state index is 0.304. The van der Waals surface area contributed by atoms with E-state index < -0.39 is 6.04 Å². The molecule has 1 atom stereocenters. The maximum atomic E-state index is 10.9. The zero-order valence-corrected chi connectivity index (χ0v) is 8.17. The van der Waals surface area contributed by atoms with Gasteiger partial charge in [-0.3, -0.25) is 4.79 Å². The summed E-state index contributed by atoms with van der Waals surface area (Å²) in [5.74, 6) is 0.176. The Balaban J connectivity index is 3.59. The van der Waals surface area contributed by atoms with Crippen LogP contribution < -0.4 is 5.73 Å². The van der Waals surface area contributed by atoms with Crippen molar-refractivity contribution in [2.75, 3.05) is 6.61 Å². The predicted octanol–water partition coefficient (Wildman–Crippen LogP) is 1.31. The number of hydrogen-bond donors (Lipinski definition) is 1. The third-order valence-corrected chi connectivity index (χ3v) is 1.99. The van der Waals surface area contributed by atoms with E-state index in [-0.39, 0.29) is 5.97 Å². The van der Waals surface area contributed by atoms with E-state index in [1.54, 1.807) is 6.92 Å². The van der Waals surface area contributed by atoms with E-state index in [1.807, 2.05) is 0 Å². The summed E-state index contributed by atoms with van der Waals surface area (Å²) in [4.78, 5) is 10.9. The molecule has 12 heavy (non-hydrogen) atoms. The number of esters is 1. The molecule has 0 amide bonds. The number of rotatable bonds is 5. The second kappa shape index (κ2) is 6.00. The van der Waals surface area contributed by atoms with Crippen molar-refractivity contribution in [2.24, 2.45) is 11.7 Å². The molecule has 0 radical (unpaired) electrons. The van der Waals surface area contributed by atoms with Crippen LogP contribution in [0.3, 0.4) is 0 Å². The van der Waals surface area contributed by atoms with Gasteiger partial charge in [0.1, 0.15) is 6.04 Å². The first kappa shape index (κ1) is 11.4. The quantitative estimate of drug-likeness (QED) is 0.638. The standard InChI is InChI=1S/C9H19NO2/c1-4-8(5-2)6-12-9(11)7(3)10/h7-8H,4-6,10H2,1-3H3. The van der Waals surface area contributed by atoms with Gasteiger partial charge in [0.25, 0.3) is 0 Å². The summed E-state index contributed by atoms with van der Waals surface area (Å²) >= 11 is 0. The molecular weight excluding hydrogens is 154 g/mol. The van der Waals surface area contributed by atoms with Crippen LogP contribution in [0.25, 0.3) is 0 Å². The second-order valence-corrected chi connectivity index (χ2v) is 3.10. The van der Waals surface area contributed by atoms with Crippen LogP contribution in [0.1, 0.15) is 33.6 Å². The summed E-state index contributed by atoms with van der Waals surface area (Å²) in [5, 5.41) is 0. The van der Waals surface area contributed by atoms with Crippen molar-refractivity contribution in [1.29, 1.82) is 0 Å². The lowest BCUT2D eigenvalue weighted by Gasteiger charge is -2.13. The number of hydrogen-bond acceptors (Lipinski definition) is 3. The Morgan fingerprint density at radius 3 is 2.25 bits per heavy atom. The van der Waals surface area contributed by atoms with Crippen LogP contribution in [-0.2, 0) is 9.53 Å². The average molecular weight is 173 g/mol. The number of nitrogens with two attached hydrogens (primary N) is 1. The van der Waals surface area contributed by atoms with Gasteiger partial charge in [-0.15, -0.1) is 0 Å². The van der Waals surface area contributed by atoms with Crippen LogP contribution in [0.2, 0.25) is 0 Å². The summed E-state index contributed by atoms with van der Waals surface area (Å²) in [6.07, 6.45) is 2.09. The molecule has 3 heteroatoms. The van der Waals surface area contributed by atoms with E-state index >= 15 is 0 Å². The Kier molecular flexibility index (Phi) is 5.72. The summed E-state index contributed by atoms with van der Waals surface area (Å²) in [7, 11) is 0. The third-order valence-electron chi connectivity index (χ3n) is 1.99. The number of carbonyl (C=O) groups excluding carboxylic acids is 1. The second-order valence-electron chi connectivity index (χ2n) is 3.10. The van der Waals surface area contributed by atoms with Crippen molar-refractivity contribution >= 4 is 5.97 Å². The van der Waals surface area contributed by atoms with Crippen LogP contribution in [0.4, 0.5) is 0 Å². The van der Waals surface area contributed by atoms with Crippen molar-refractivity contribution < 1.29 is 9.53 Å². The van der Waals surface area contributed by atoms with E-state index in [9.17, 15) is 4.79 Å². The van der Waals surface area contributed by atoms with E-state index in [1.165, 1.54) is 0 Å². The van der Waals surface area contributed by atoms with E-state index in [2.05, 4.69) is 13.8 Å². The van der Waals surface area contributed by atoms with Gasteiger partial charge in [-0.2, -0.15) is 0 Å². The highest BCUT2D eigenvalue weighted by Crippen LogP contribution is 2.07. The molecule has 0 spiro atoms. The smallest absolute Gasteiger partial charge is 0.322 e. The molecule has 0 aliphatic rings. The Morgan fingerprint density at radius 1 is 1.42 bits per heavy atom. The first-order chi connectivity index (χ1) is 5.61. The van der Waals surface area contributed by atoms with Crippen molar-refractivity contribution in [3.8, 4) is 0 Å². The highest BCUT2D eigenvalue weighted by atomic mass is 16.5. The van der Waals surface area contributed by atoms with Crippen LogP contribution >= 0.6 is 0 Å². The summed E-state index contributed by atoms with van der Waals surface area (Å²) < 4.78 is 4.98. The molecule has 2 N–H and O–H groups in total. The fourth-order valence-corrected chi connectivity index (χ4v) is 0.856. The SMILES string of the molecule is CCC(CC)COC(=O)C(C)N. The lowest BCUT2D eigenvalue weighted by atomic mass is 10.1. The van der Waals surface area contributed by atoms with Gasteiger partial charge in [-0.25, -0.2) is 0 Å². The molecule has 0 rings (SSSR count). The highest BCUT2D eigenvalue weighted by molar-refractivity contribution is 5.74. The van der Waals surface area contributed by atoms with Gasteiger partial charge in [0.05, 0.1) is 6.61 Å². The van der Waals surface area contributed by atoms with Gasteiger partial charge in [-0.05, 0) is 12.8 Å². The molecular formula is C9H19NO2. The lowest BCUT2D eigenvalue weighted by molar-refractivity contribution is -0.146. The summed E-state index contributed by atoms with van der Waals surface area (Å²) in [6, 6.07) is -0.501. The molecule has 0 aliphatic carbocycles. The molecule has 0 aromatic carbocycles. The molecule has 0 heterocycles. The first-order valence-corrected chi connectivity index (χ1v) is 4.54. The topological polar surface area (TPSA) is 52.3 Å². The fourth-order valence-electron chi connectivity index (χ4n) is 0.856. The van der Waals surface area contributed by atoms with Crippen molar-refractivity contribution in [2.45, 2.75) is 39.7 Å². The largest absolute Gasteiger partial charge is 0.464 e. The molecule has 1 unspecified atom stereocenters. The molecule has 0 bridgehead atoms. The van der Waals surface area contributed by atoms with Gasteiger partial charge < -0.3 is 10.5 Å². The van der Waals surface area contributed by atoms with E-state index in [4.69, 9.17) is 10.5 Å². The van der Waals surface area contributed by atoms with E-state index in [0.717, 1.165) is 12.8 Å². The minimum Gasteiger partial charge on any atom is -0.464 e. The summed E-state index contributed by atoms with van der Waals surface area (Å²) in [6.45, 7) is 6.32. The fraction of sp³-hybridized carbons (Fsp3) is 0.889. The van der Waals surface area contributed by atoms with Gasteiger partial charge in [0.2, 0.25) is 0 Å². The monoisotopic (exact) mass is 173 g/mol. The van der Waals surface area contributed by atoms with E-state index in [0.29, 0.717) is 12.5 Å². The van der Waals surface area contributed by atoms with Crippen molar-refractivity contribution in [3.63, 3.8) is 0 Å². The van der Waals surface area contributed by atoms with Gasteiger partial charge in [-0.1, -0.05) is 26.7 Å². The van der Waals surface area contributed by atoms with Gasteiger partial charge in [0, 0.05) is 0 Å². The Hall–Kier alpha value is -0.570. The van der Waals surface area contributed by atoms with Crippen LogP contribution in [-0.4, -0.2) is 18.6 Å². The minimum atomic E-state index is -0.501. The molecule has 3 nitrogen and oxygen atoms in total. The maximum absolute atomic E-state index is 10.9. The Labute approximate surface area is 74.3 Å². The lowest BCUT2D eigenvalue weighted by Crippen LogP contribution is -2.30. The normalized spacial score (nSPS) is 13.1. The Morgan fingerprint density at radius 2 is 1.92 bits per heavy atom. The molecule has 0 saturated heterocycles. The first-order valence-electron chi connectivity index (χ1n) is 4.54. The molecule has 0 aliphatic heterocycles. The number of carbonyl (C=O) groups is 1. The zero-order chi connectivity index (χ0) is 9.56. The molecule has 0 aromatic heterocycles. The maximum Gasteiger partial charge on any atom is 0.322 e. The Bertz CT molecular complexity index is 130. The van der Waals surface area contributed by atoms with Gasteiger partial charge in [0.15, 0.2) is 0 Å². The zero-order valence-electron chi connectivity index (χ0n) is 8.17. The van der Waals surface area contributed by atoms with Gasteiger partial charge >= 0.3 is 5.97 Å². The number of ether oxygens (including phenoxy) is 1. The molecule has 0 fully saturated rings. The molecule has 72 valence electrons.